The van der Waals surface area contributed by atoms with Gasteiger partial charge in [-0.3, -0.25) is 0 Å². The Balaban J connectivity index is 2.29. The van der Waals surface area contributed by atoms with Gasteiger partial charge in [-0.2, -0.15) is 13.2 Å². The van der Waals surface area contributed by atoms with Gasteiger partial charge in [0.05, 0.1) is 5.92 Å². The Bertz CT molecular complexity index is 457. The fraction of sp³-hybridized carbons (Fsp3) is 0.538. The van der Waals surface area contributed by atoms with Gasteiger partial charge < -0.3 is 0 Å². The van der Waals surface area contributed by atoms with E-state index in [1.807, 2.05) is 24.3 Å². The van der Waals surface area contributed by atoms with Crippen molar-refractivity contribution in [3.05, 3.63) is 35.4 Å². The van der Waals surface area contributed by atoms with Crippen molar-refractivity contribution < 1.29 is 13.2 Å². The third-order valence-corrected chi connectivity index (χ3v) is 6.40. The van der Waals surface area contributed by atoms with Crippen molar-refractivity contribution in [1.82, 2.24) is 4.31 Å². The molecule has 2 rings (SSSR count). The van der Waals surface area contributed by atoms with E-state index in [4.69, 9.17) is 0 Å². The molecule has 0 aromatic heterocycles. The number of benzene rings is 1. The SMILES string of the molecule is FC(F)(F)C1CCN(SI)C(c2ccccc2CBr)C1. The maximum absolute atomic E-state index is 13.0. The normalized spacial score (nSPS) is 24.9. The van der Waals surface area contributed by atoms with Crippen LogP contribution in [0, 0.1) is 5.92 Å². The van der Waals surface area contributed by atoms with E-state index in [9.17, 15) is 13.2 Å². The fourth-order valence-electron chi connectivity index (χ4n) is 2.59. The van der Waals surface area contributed by atoms with E-state index in [-0.39, 0.29) is 18.9 Å². The molecule has 2 unspecified atom stereocenters. The first-order valence-electron chi connectivity index (χ1n) is 6.23. The van der Waals surface area contributed by atoms with E-state index < -0.39 is 12.1 Å². The minimum absolute atomic E-state index is 0.142. The quantitative estimate of drug-likeness (QED) is 0.302. The second-order valence-electron chi connectivity index (χ2n) is 4.82. The lowest BCUT2D eigenvalue weighted by atomic mass is 9.87. The van der Waals surface area contributed by atoms with Crippen molar-refractivity contribution >= 4 is 46.3 Å². The summed E-state index contributed by atoms with van der Waals surface area (Å²) in [4.78, 5) is 0. The molecular weight excluding hydrogens is 466 g/mol. The zero-order valence-electron chi connectivity index (χ0n) is 10.5. The average molecular weight is 480 g/mol. The second kappa shape index (κ2) is 7.19. The summed E-state index contributed by atoms with van der Waals surface area (Å²) in [6.07, 6.45) is -3.76. The molecule has 1 aliphatic heterocycles. The monoisotopic (exact) mass is 479 g/mol. The largest absolute Gasteiger partial charge is 0.391 e. The lowest BCUT2D eigenvalue weighted by molar-refractivity contribution is -0.186. The zero-order chi connectivity index (χ0) is 14.8. The van der Waals surface area contributed by atoms with Crippen molar-refractivity contribution in [3.63, 3.8) is 0 Å². The van der Waals surface area contributed by atoms with Crippen LogP contribution in [-0.4, -0.2) is 17.0 Å². The van der Waals surface area contributed by atoms with E-state index in [1.54, 1.807) is 0 Å². The Morgan fingerprint density at radius 1 is 1.35 bits per heavy atom. The third-order valence-electron chi connectivity index (χ3n) is 3.66. The Labute approximate surface area is 141 Å². The van der Waals surface area contributed by atoms with Crippen LogP contribution in [0.5, 0.6) is 0 Å². The van der Waals surface area contributed by atoms with Crippen LogP contribution in [0.4, 0.5) is 13.2 Å². The minimum atomic E-state index is -4.09. The van der Waals surface area contributed by atoms with Crippen molar-refractivity contribution in [2.45, 2.75) is 30.4 Å². The molecule has 20 heavy (non-hydrogen) atoms. The Hall–Kier alpha value is 0.530. The van der Waals surface area contributed by atoms with Gasteiger partial charge in [0.25, 0.3) is 0 Å². The lowest BCUT2D eigenvalue weighted by Gasteiger charge is -2.38. The van der Waals surface area contributed by atoms with Crippen molar-refractivity contribution in [1.29, 1.82) is 0 Å². The maximum Gasteiger partial charge on any atom is 0.391 e. The predicted octanol–water partition coefficient (Wildman–Crippen LogP) is 5.90. The molecule has 0 amide bonds. The van der Waals surface area contributed by atoms with Crippen LogP contribution in [0.25, 0.3) is 0 Å². The first-order valence-corrected chi connectivity index (χ1v) is 10.7. The molecule has 0 N–H and O–H groups in total. The Morgan fingerprint density at radius 3 is 2.65 bits per heavy atom. The van der Waals surface area contributed by atoms with Gasteiger partial charge in [0, 0.05) is 39.1 Å². The summed E-state index contributed by atoms with van der Waals surface area (Å²) in [5, 5.41) is 0.663. The number of nitrogens with zero attached hydrogens (tertiary/aromatic N) is 1. The molecule has 112 valence electrons. The van der Waals surface area contributed by atoms with Gasteiger partial charge in [0.1, 0.15) is 0 Å². The van der Waals surface area contributed by atoms with Crippen LogP contribution in [0.3, 0.4) is 0 Å². The van der Waals surface area contributed by atoms with Crippen LogP contribution < -0.4 is 0 Å². The van der Waals surface area contributed by atoms with Gasteiger partial charge in [-0.15, -0.1) is 0 Å². The smallest absolute Gasteiger partial charge is 0.234 e. The van der Waals surface area contributed by atoms with Gasteiger partial charge >= 0.3 is 6.18 Å². The molecule has 1 fully saturated rings. The number of rotatable bonds is 3. The molecule has 1 aromatic carbocycles. The average Bonchev–Trinajstić information content (AvgIpc) is 2.45. The summed E-state index contributed by atoms with van der Waals surface area (Å²) < 4.78 is 41.1. The topological polar surface area (TPSA) is 3.24 Å². The van der Waals surface area contributed by atoms with Crippen LogP contribution >= 0.6 is 46.3 Å². The number of hydrogen-bond donors (Lipinski definition) is 0. The summed E-state index contributed by atoms with van der Waals surface area (Å²) in [5.74, 6) is -1.20. The van der Waals surface area contributed by atoms with E-state index in [1.165, 1.54) is 9.12 Å². The maximum atomic E-state index is 13.0. The highest BCUT2D eigenvalue weighted by atomic mass is 127. The van der Waals surface area contributed by atoms with Gasteiger partial charge in [-0.05, 0) is 33.1 Å². The molecule has 1 saturated heterocycles. The van der Waals surface area contributed by atoms with E-state index >= 15 is 0 Å². The molecular formula is C13H14BrF3INS. The molecule has 0 radical (unpaired) electrons. The van der Waals surface area contributed by atoms with Crippen LogP contribution in [0.15, 0.2) is 24.3 Å². The van der Waals surface area contributed by atoms with Crippen molar-refractivity contribution in [2.75, 3.05) is 6.54 Å². The van der Waals surface area contributed by atoms with E-state index in [0.29, 0.717) is 11.9 Å². The second-order valence-corrected chi connectivity index (χ2v) is 7.17. The molecule has 7 heteroatoms. The van der Waals surface area contributed by atoms with Crippen LogP contribution in [-0.2, 0) is 5.33 Å². The summed E-state index contributed by atoms with van der Waals surface area (Å²) in [6, 6.07) is 7.56. The summed E-state index contributed by atoms with van der Waals surface area (Å²) in [7, 11) is 1.50. The Kier molecular flexibility index (Phi) is 6.08. The summed E-state index contributed by atoms with van der Waals surface area (Å²) >= 11 is 5.57. The number of piperidine rings is 1. The minimum Gasteiger partial charge on any atom is -0.234 e. The molecule has 1 aliphatic rings. The highest BCUT2D eigenvalue weighted by Crippen LogP contribution is 2.46. The number of alkyl halides is 4. The van der Waals surface area contributed by atoms with Crippen molar-refractivity contribution in [2.24, 2.45) is 5.92 Å². The molecule has 1 aromatic rings. The van der Waals surface area contributed by atoms with E-state index in [0.717, 1.165) is 11.1 Å². The van der Waals surface area contributed by atoms with Crippen LogP contribution in [0.1, 0.15) is 30.0 Å². The first-order chi connectivity index (χ1) is 9.47. The van der Waals surface area contributed by atoms with Gasteiger partial charge in [0.2, 0.25) is 0 Å². The molecule has 0 saturated carbocycles. The number of halogens is 5. The predicted molar refractivity (Wildman–Crippen MR) is 88.9 cm³/mol. The zero-order valence-corrected chi connectivity index (χ0v) is 15.1. The Morgan fingerprint density at radius 2 is 2.05 bits per heavy atom. The fourth-order valence-corrected chi connectivity index (χ4v) is 4.98. The standard InChI is InChI=1S/C13H14BrF3INS/c14-8-9-3-1-2-4-11(9)12-7-10(13(15,16)17)5-6-19(12)20-18/h1-4,10,12H,5-8H2. The highest BCUT2D eigenvalue weighted by Gasteiger charge is 2.44. The first kappa shape index (κ1) is 16.9. The highest BCUT2D eigenvalue weighted by molar-refractivity contribution is 14.2. The van der Waals surface area contributed by atoms with Gasteiger partial charge in [-0.1, -0.05) is 40.2 Å². The summed E-state index contributed by atoms with van der Waals surface area (Å²) in [5.41, 5.74) is 2.07. The summed E-state index contributed by atoms with van der Waals surface area (Å²) in [6.45, 7) is 0.471. The third kappa shape index (κ3) is 3.84. The van der Waals surface area contributed by atoms with Gasteiger partial charge in [-0.25, -0.2) is 4.31 Å². The molecule has 0 bridgehead atoms. The molecule has 2 atom stereocenters. The molecule has 0 spiro atoms. The van der Waals surface area contributed by atoms with Crippen LogP contribution in [0.2, 0.25) is 0 Å². The molecule has 1 heterocycles. The lowest BCUT2D eigenvalue weighted by Crippen LogP contribution is -2.37. The molecule has 0 aliphatic carbocycles. The van der Waals surface area contributed by atoms with Crippen molar-refractivity contribution in [3.8, 4) is 0 Å². The van der Waals surface area contributed by atoms with Gasteiger partial charge in [0.15, 0.2) is 0 Å². The molecule has 1 nitrogen and oxygen atoms in total. The van der Waals surface area contributed by atoms with E-state index in [2.05, 4.69) is 41.4 Å². The number of hydrogen-bond acceptors (Lipinski definition) is 2.